The van der Waals surface area contributed by atoms with Gasteiger partial charge < -0.3 is 10.2 Å². The number of carbonyl (C=O) groups is 2. The number of aryl methyl sites for hydroxylation is 1. The number of hydrogen-bond acceptors (Lipinski definition) is 4. The van der Waals surface area contributed by atoms with Crippen molar-refractivity contribution in [3.05, 3.63) is 28.2 Å². The number of nitrogens with one attached hydrogen (secondary N) is 1. The van der Waals surface area contributed by atoms with Gasteiger partial charge in [-0.3, -0.25) is 19.4 Å². The van der Waals surface area contributed by atoms with Gasteiger partial charge in [-0.1, -0.05) is 6.07 Å². The van der Waals surface area contributed by atoms with E-state index in [-0.39, 0.29) is 17.9 Å². The molecule has 2 amide bonds. The second kappa shape index (κ2) is 10.0. The number of amides is 2. The first-order chi connectivity index (χ1) is 13.8. The Hall–Kier alpha value is -1.44. The maximum Gasteiger partial charge on any atom is 0.241 e. The van der Waals surface area contributed by atoms with Gasteiger partial charge in [-0.2, -0.15) is 0 Å². The van der Waals surface area contributed by atoms with Gasteiger partial charge in [0.2, 0.25) is 11.8 Å². The van der Waals surface area contributed by atoms with Crippen LogP contribution in [0, 0.1) is 6.92 Å². The molecule has 2 saturated heterocycles. The first-order valence-corrected chi connectivity index (χ1v) is 11.5. The van der Waals surface area contributed by atoms with E-state index >= 15 is 0 Å². The smallest absolute Gasteiger partial charge is 0.241 e. The van der Waals surface area contributed by atoms with Crippen molar-refractivity contribution in [3.8, 4) is 0 Å². The number of halogens is 1. The van der Waals surface area contributed by atoms with Gasteiger partial charge in [0.05, 0.1) is 18.3 Å². The van der Waals surface area contributed by atoms with Crippen molar-refractivity contribution in [3.63, 3.8) is 0 Å². The molecule has 0 aromatic heterocycles. The second-order valence-corrected chi connectivity index (χ2v) is 9.25. The molecule has 2 atom stereocenters. The number of benzene rings is 1. The Bertz CT molecular complexity index is 734. The minimum absolute atomic E-state index is 0.00113. The summed E-state index contributed by atoms with van der Waals surface area (Å²) in [4.78, 5) is 31.8. The van der Waals surface area contributed by atoms with E-state index in [4.69, 9.17) is 0 Å². The van der Waals surface area contributed by atoms with E-state index in [9.17, 15) is 9.59 Å². The molecule has 6 nitrogen and oxygen atoms in total. The van der Waals surface area contributed by atoms with Gasteiger partial charge in [0.1, 0.15) is 0 Å². The van der Waals surface area contributed by atoms with Crippen molar-refractivity contribution in [2.75, 3.05) is 44.6 Å². The fraction of sp³-hybridized carbons (Fsp3) is 0.636. The summed E-state index contributed by atoms with van der Waals surface area (Å²) in [5.41, 5.74) is 1.94. The number of anilines is 1. The van der Waals surface area contributed by atoms with Gasteiger partial charge in [-0.15, -0.1) is 0 Å². The second-order valence-electron chi connectivity index (χ2n) is 8.39. The lowest BCUT2D eigenvalue weighted by Gasteiger charge is -2.39. The highest BCUT2D eigenvalue weighted by atomic mass is 79.9. The van der Waals surface area contributed by atoms with Crippen LogP contribution in [0.3, 0.4) is 0 Å². The fourth-order valence-corrected chi connectivity index (χ4v) is 4.78. The normalized spacial score (nSPS) is 22.3. The number of nitrogens with zero attached hydrogens (tertiary/aromatic N) is 3. The van der Waals surface area contributed by atoms with Gasteiger partial charge in [0, 0.05) is 43.2 Å². The van der Waals surface area contributed by atoms with Crippen LogP contribution in [0.4, 0.5) is 5.69 Å². The van der Waals surface area contributed by atoms with Gasteiger partial charge in [-0.05, 0) is 73.7 Å². The summed E-state index contributed by atoms with van der Waals surface area (Å²) in [5, 5.41) is 3.02. The van der Waals surface area contributed by atoms with E-state index in [1.807, 2.05) is 36.9 Å². The monoisotopic (exact) mass is 464 g/mol. The highest BCUT2D eigenvalue weighted by molar-refractivity contribution is 9.10. The van der Waals surface area contributed by atoms with Crippen LogP contribution in [0.5, 0.6) is 0 Å². The number of piperazine rings is 1. The van der Waals surface area contributed by atoms with E-state index in [1.54, 1.807) is 0 Å². The zero-order valence-corrected chi connectivity index (χ0v) is 19.4. The highest BCUT2D eigenvalue weighted by Gasteiger charge is 2.29. The molecule has 0 bridgehead atoms. The lowest BCUT2D eigenvalue weighted by atomic mass is 10.0. The number of piperidine rings is 1. The van der Waals surface area contributed by atoms with Crippen molar-refractivity contribution in [1.82, 2.24) is 14.7 Å². The van der Waals surface area contributed by atoms with Crippen LogP contribution in [0.2, 0.25) is 0 Å². The summed E-state index contributed by atoms with van der Waals surface area (Å²) in [6, 6.07) is 6.07. The third-order valence-electron chi connectivity index (χ3n) is 6.20. The summed E-state index contributed by atoms with van der Waals surface area (Å²) in [6.07, 6.45) is 3.46. The van der Waals surface area contributed by atoms with E-state index in [1.165, 1.54) is 6.42 Å². The summed E-state index contributed by atoms with van der Waals surface area (Å²) >= 11 is 3.52. The molecule has 0 spiro atoms. The van der Waals surface area contributed by atoms with Gasteiger partial charge in [0.15, 0.2) is 0 Å². The van der Waals surface area contributed by atoms with Crippen LogP contribution in [-0.4, -0.2) is 77.9 Å². The van der Waals surface area contributed by atoms with Crippen LogP contribution >= 0.6 is 15.9 Å². The maximum atomic E-state index is 12.7. The largest absolute Gasteiger partial charge is 0.339 e. The molecule has 29 heavy (non-hydrogen) atoms. The molecule has 0 aliphatic carbocycles. The van der Waals surface area contributed by atoms with Crippen molar-refractivity contribution in [1.29, 1.82) is 0 Å². The Morgan fingerprint density at radius 2 is 1.90 bits per heavy atom. The summed E-state index contributed by atoms with van der Waals surface area (Å²) in [6.45, 7) is 10.8. The first kappa shape index (κ1) is 22.2. The van der Waals surface area contributed by atoms with Crippen LogP contribution in [0.1, 0.15) is 38.7 Å². The van der Waals surface area contributed by atoms with Crippen molar-refractivity contribution in [2.24, 2.45) is 0 Å². The summed E-state index contributed by atoms with van der Waals surface area (Å²) in [7, 11) is 0. The lowest BCUT2D eigenvalue weighted by molar-refractivity contribution is -0.136. The van der Waals surface area contributed by atoms with E-state index in [0.717, 1.165) is 61.3 Å². The Morgan fingerprint density at radius 1 is 1.17 bits per heavy atom. The highest BCUT2D eigenvalue weighted by Crippen LogP contribution is 2.24. The predicted octanol–water partition coefficient (Wildman–Crippen LogP) is 3.10. The van der Waals surface area contributed by atoms with E-state index in [0.29, 0.717) is 12.6 Å². The number of carbonyl (C=O) groups excluding carboxylic acids is 2. The molecule has 7 heteroatoms. The molecular formula is C22H33BrN4O2. The standard InChI is InChI=1S/C22H33BrN4O2/c1-16-7-8-20(19(23)14-16)24-22(29)18(3)26-12-10-25(11-13-26)15-21(28)27-9-5-4-6-17(27)2/h7-8,14,17-18H,4-6,9-13,15H2,1-3H3,(H,24,29). The minimum atomic E-state index is -0.205. The van der Waals surface area contributed by atoms with Crippen LogP contribution in [-0.2, 0) is 9.59 Å². The van der Waals surface area contributed by atoms with Crippen molar-refractivity contribution in [2.45, 2.75) is 52.1 Å². The Morgan fingerprint density at radius 3 is 2.55 bits per heavy atom. The topological polar surface area (TPSA) is 55.9 Å². The molecule has 2 unspecified atom stereocenters. The van der Waals surface area contributed by atoms with Gasteiger partial charge >= 0.3 is 0 Å². The Balaban J connectivity index is 1.46. The number of hydrogen-bond donors (Lipinski definition) is 1. The molecule has 160 valence electrons. The molecule has 2 aliphatic rings. The van der Waals surface area contributed by atoms with Crippen LogP contribution in [0.25, 0.3) is 0 Å². The molecule has 1 aromatic rings. The van der Waals surface area contributed by atoms with Crippen LogP contribution in [0.15, 0.2) is 22.7 Å². The molecule has 2 heterocycles. The summed E-state index contributed by atoms with van der Waals surface area (Å²) in [5.74, 6) is 0.252. The quantitative estimate of drug-likeness (QED) is 0.726. The number of rotatable bonds is 5. The lowest BCUT2D eigenvalue weighted by Crippen LogP contribution is -2.55. The molecule has 0 radical (unpaired) electrons. The fourth-order valence-electron chi connectivity index (χ4n) is 4.18. The zero-order valence-electron chi connectivity index (χ0n) is 17.8. The van der Waals surface area contributed by atoms with Gasteiger partial charge in [-0.25, -0.2) is 0 Å². The average Bonchev–Trinajstić information content (AvgIpc) is 2.70. The molecule has 1 N–H and O–H groups in total. The zero-order chi connectivity index (χ0) is 21.0. The molecular weight excluding hydrogens is 432 g/mol. The molecule has 2 fully saturated rings. The van der Waals surface area contributed by atoms with Crippen LogP contribution < -0.4 is 5.32 Å². The molecule has 1 aromatic carbocycles. The van der Waals surface area contributed by atoms with E-state index < -0.39 is 0 Å². The third kappa shape index (κ3) is 5.80. The maximum absolute atomic E-state index is 12.7. The third-order valence-corrected chi connectivity index (χ3v) is 6.85. The van der Waals surface area contributed by atoms with Crippen molar-refractivity contribution >= 4 is 33.4 Å². The van der Waals surface area contributed by atoms with E-state index in [2.05, 4.69) is 38.0 Å². The molecule has 2 aliphatic heterocycles. The minimum Gasteiger partial charge on any atom is -0.339 e. The van der Waals surface area contributed by atoms with Crippen molar-refractivity contribution < 1.29 is 9.59 Å². The summed E-state index contributed by atoms with van der Waals surface area (Å²) < 4.78 is 0.897. The predicted molar refractivity (Wildman–Crippen MR) is 120 cm³/mol. The first-order valence-electron chi connectivity index (χ1n) is 10.7. The molecule has 3 rings (SSSR count). The Labute approximate surface area is 182 Å². The SMILES string of the molecule is Cc1ccc(NC(=O)C(C)N2CCN(CC(=O)N3CCCCC3C)CC2)c(Br)c1. The van der Waals surface area contributed by atoms with Gasteiger partial charge in [0.25, 0.3) is 0 Å². The number of likely N-dealkylation sites (tertiary alicyclic amines) is 1. The molecule has 0 saturated carbocycles. The Kier molecular flexibility index (Phi) is 7.71. The average molecular weight is 465 g/mol.